The van der Waals surface area contributed by atoms with E-state index in [2.05, 4.69) is 10.1 Å². The van der Waals surface area contributed by atoms with E-state index in [9.17, 15) is 0 Å². The van der Waals surface area contributed by atoms with Crippen LogP contribution in [0.5, 0.6) is 0 Å². The Labute approximate surface area is 98.2 Å². The molecule has 1 unspecified atom stereocenters. The predicted molar refractivity (Wildman–Crippen MR) is 61.5 cm³/mol. The van der Waals surface area contributed by atoms with Gasteiger partial charge in [-0.15, -0.1) is 0 Å². The molecule has 0 aliphatic carbocycles. The monoisotopic (exact) mass is 237 g/mol. The zero-order valence-electron chi connectivity index (χ0n) is 8.77. The van der Waals surface area contributed by atoms with Gasteiger partial charge in [-0.05, 0) is 18.6 Å². The van der Waals surface area contributed by atoms with Crippen molar-refractivity contribution < 1.29 is 4.74 Å². The maximum absolute atomic E-state index is 5.82. The number of fused-ring (bicyclic) bond motifs is 1. The first-order valence-corrected chi connectivity index (χ1v) is 5.76. The molecule has 0 bridgehead atoms. The van der Waals surface area contributed by atoms with E-state index in [1.54, 1.807) is 6.07 Å². The fraction of sp³-hybridized carbons (Fsp3) is 0.455. The number of pyridine rings is 1. The molecule has 5 heteroatoms. The number of aromatic nitrogens is 3. The Bertz CT molecular complexity index is 505. The zero-order valence-corrected chi connectivity index (χ0v) is 9.52. The lowest BCUT2D eigenvalue weighted by Gasteiger charge is -2.05. The van der Waals surface area contributed by atoms with Crippen molar-refractivity contribution in [2.45, 2.75) is 13.0 Å². The van der Waals surface area contributed by atoms with Crippen LogP contribution in [0.15, 0.2) is 18.3 Å². The fourth-order valence-electron chi connectivity index (χ4n) is 2.01. The molecule has 3 rings (SSSR count). The highest BCUT2D eigenvalue weighted by Crippen LogP contribution is 2.17. The summed E-state index contributed by atoms with van der Waals surface area (Å²) in [5, 5.41) is 5.92. The molecule has 16 heavy (non-hydrogen) atoms. The number of hydrogen-bond donors (Lipinski definition) is 0. The summed E-state index contributed by atoms with van der Waals surface area (Å²) in [6.45, 7) is 2.61. The van der Waals surface area contributed by atoms with E-state index in [0.717, 1.165) is 31.6 Å². The molecule has 0 aromatic carbocycles. The number of ether oxygens (including phenoxy) is 1. The average molecular weight is 238 g/mol. The SMILES string of the molecule is Clc1ccc2cn(CC3CCOC3)nc2n1. The largest absolute Gasteiger partial charge is 0.381 e. The molecule has 1 fully saturated rings. The molecule has 2 aromatic heterocycles. The first-order chi connectivity index (χ1) is 7.81. The van der Waals surface area contributed by atoms with E-state index in [0.29, 0.717) is 16.7 Å². The van der Waals surface area contributed by atoms with Crippen molar-refractivity contribution in [3.8, 4) is 0 Å². The van der Waals surface area contributed by atoms with Gasteiger partial charge < -0.3 is 4.74 Å². The first-order valence-electron chi connectivity index (χ1n) is 5.39. The molecule has 1 aliphatic rings. The van der Waals surface area contributed by atoms with Crippen LogP contribution in [-0.2, 0) is 11.3 Å². The van der Waals surface area contributed by atoms with Gasteiger partial charge in [0.05, 0.1) is 6.61 Å². The Hall–Kier alpha value is -1.13. The number of halogens is 1. The highest BCUT2D eigenvalue weighted by molar-refractivity contribution is 6.29. The molecule has 1 aliphatic heterocycles. The van der Waals surface area contributed by atoms with Crippen LogP contribution >= 0.6 is 11.6 Å². The lowest BCUT2D eigenvalue weighted by molar-refractivity contribution is 0.181. The molecule has 4 nitrogen and oxygen atoms in total. The molecular formula is C11H12ClN3O. The second kappa shape index (κ2) is 4.03. The maximum atomic E-state index is 5.82. The third-order valence-electron chi connectivity index (χ3n) is 2.85. The van der Waals surface area contributed by atoms with Crippen LogP contribution in [0.1, 0.15) is 6.42 Å². The average Bonchev–Trinajstić information content (AvgIpc) is 2.86. The normalized spacial score (nSPS) is 20.7. The van der Waals surface area contributed by atoms with E-state index in [-0.39, 0.29) is 0 Å². The minimum atomic E-state index is 0.488. The molecular weight excluding hydrogens is 226 g/mol. The molecule has 84 valence electrons. The van der Waals surface area contributed by atoms with Crippen LogP contribution < -0.4 is 0 Å². The minimum Gasteiger partial charge on any atom is -0.381 e. The second-order valence-electron chi connectivity index (χ2n) is 4.13. The summed E-state index contributed by atoms with van der Waals surface area (Å²) in [7, 11) is 0. The van der Waals surface area contributed by atoms with E-state index in [1.165, 1.54) is 0 Å². The Kier molecular flexibility index (Phi) is 2.53. The van der Waals surface area contributed by atoms with Gasteiger partial charge >= 0.3 is 0 Å². The summed E-state index contributed by atoms with van der Waals surface area (Å²) in [4.78, 5) is 4.17. The van der Waals surface area contributed by atoms with Crippen LogP contribution in [0.3, 0.4) is 0 Å². The van der Waals surface area contributed by atoms with Crippen LogP contribution in [0.4, 0.5) is 0 Å². The number of nitrogens with zero attached hydrogens (tertiary/aromatic N) is 3. The van der Waals surface area contributed by atoms with Crippen molar-refractivity contribution in [1.82, 2.24) is 14.8 Å². The van der Waals surface area contributed by atoms with Crippen molar-refractivity contribution in [3.63, 3.8) is 0 Å². The van der Waals surface area contributed by atoms with Gasteiger partial charge in [0.15, 0.2) is 5.65 Å². The fourth-order valence-corrected chi connectivity index (χ4v) is 2.16. The van der Waals surface area contributed by atoms with Gasteiger partial charge in [0, 0.05) is 30.7 Å². The summed E-state index contributed by atoms with van der Waals surface area (Å²) < 4.78 is 7.28. The van der Waals surface area contributed by atoms with E-state index in [1.807, 2.05) is 16.9 Å². The third kappa shape index (κ3) is 1.90. The standard InChI is InChI=1S/C11H12ClN3O/c12-10-2-1-9-6-15(14-11(9)13-10)5-8-3-4-16-7-8/h1-2,6,8H,3-5,7H2. The van der Waals surface area contributed by atoms with E-state index < -0.39 is 0 Å². The second-order valence-corrected chi connectivity index (χ2v) is 4.51. The smallest absolute Gasteiger partial charge is 0.182 e. The Morgan fingerprint density at radius 1 is 1.50 bits per heavy atom. The lowest BCUT2D eigenvalue weighted by Crippen LogP contribution is -2.10. The van der Waals surface area contributed by atoms with Gasteiger partial charge in [0.2, 0.25) is 0 Å². The summed E-state index contributed by atoms with van der Waals surface area (Å²) in [6, 6.07) is 3.73. The topological polar surface area (TPSA) is 39.9 Å². The van der Waals surface area contributed by atoms with Crippen LogP contribution in [0.25, 0.3) is 11.0 Å². The minimum absolute atomic E-state index is 0.488. The van der Waals surface area contributed by atoms with Crippen LogP contribution in [-0.4, -0.2) is 28.0 Å². The van der Waals surface area contributed by atoms with Crippen molar-refractivity contribution in [1.29, 1.82) is 0 Å². The van der Waals surface area contributed by atoms with Gasteiger partial charge in [-0.2, -0.15) is 5.10 Å². The quantitative estimate of drug-likeness (QED) is 0.752. The van der Waals surface area contributed by atoms with Gasteiger partial charge in [-0.3, -0.25) is 4.68 Å². The lowest BCUT2D eigenvalue weighted by atomic mass is 10.1. The number of rotatable bonds is 2. The van der Waals surface area contributed by atoms with Crippen LogP contribution in [0, 0.1) is 5.92 Å². The summed E-state index contributed by atoms with van der Waals surface area (Å²) in [6.07, 6.45) is 3.13. The Morgan fingerprint density at radius 2 is 2.44 bits per heavy atom. The first kappa shape index (κ1) is 10.1. The predicted octanol–water partition coefficient (Wildman–Crippen LogP) is 2.12. The molecule has 1 saturated heterocycles. The Balaban J connectivity index is 1.86. The summed E-state index contributed by atoms with van der Waals surface area (Å²) in [5.41, 5.74) is 0.714. The third-order valence-corrected chi connectivity index (χ3v) is 3.06. The van der Waals surface area contributed by atoms with E-state index in [4.69, 9.17) is 16.3 Å². The highest BCUT2D eigenvalue weighted by atomic mass is 35.5. The number of hydrogen-bond acceptors (Lipinski definition) is 3. The molecule has 0 spiro atoms. The van der Waals surface area contributed by atoms with Gasteiger partial charge in [-0.25, -0.2) is 4.98 Å². The van der Waals surface area contributed by atoms with Crippen molar-refractivity contribution in [3.05, 3.63) is 23.5 Å². The van der Waals surface area contributed by atoms with Gasteiger partial charge in [0.1, 0.15) is 5.15 Å². The zero-order chi connectivity index (χ0) is 11.0. The highest BCUT2D eigenvalue weighted by Gasteiger charge is 2.16. The molecule has 1 atom stereocenters. The molecule has 0 saturated carbocycles. The molecule has 0 amide bonds. The van der Waals surface area contributed by atoms with Crippen LogP contribution in [0.2, 0.25) is 5.15 Å². The van der Waals surface area contributed by atoms with Crippen molar-refractivity contribution in [2.24, 2.45) is 5.92 Å². The summed E-state index contributed by atoms with van der Waals surface area (Å²) in [5.74, 6) is 0.574. The Morgan fingerprint density at radius 3 is 3.25 bits per heavy atom. The van der Waals surface area contributed by atoms with Crippen molar-refractivity contribution >= 4 is 22.6 Å². The van der Waals surface area contributed by atoms with Gasteiger partial charge in [0.25, 0.3) is 0 Å². The molecule has 3 heterocycles. The van der Waals surface area contributed by atoms with Gasteiger partial charge in [-0.1, -0.05) is 11.6 Å². The summed E-state index contributed by atoms with van der Waals surface area (Å²) >= 11 is 5.82. The van der Waals surface area contributed by atoms with E-state index >= 15 is 0 Å². The van der Waals surface area contributed by atoms with Crippen molar-refractivity contribution in [2.75, 3.05) is 13.2 Å². The molecule has 0 radical (unpaired) electrons. The molecule has 0 N–H and O–H groups in total. The molecule has 2 aromatic rings. The maximum Gasteiger partial charge on any atom is 0.182 e.